The minimum absolute atomic E-state index is 0.771. The Bertz CT molecular complexity index is 406. The molecule has 0 saturated heterocycles. The summed E-state index contributed by atoms with van der Waals surface area (Å²) in [6, 6.07) is 0. The lowest BCUT2D eigenvalue weighted by atomic mass is 10.4. The molecule has 1 aromatic heterocycles. The van der Waals surface area contributed by atoms with E-state index in [-0.39, 0.29) is 0 Å². The third-order valence-corrected chi connectivity index (χ3v) is 3.50. The van der Waals surface area contributed by atoms with Gasteiger partial charge in [-0.15, -0.1) is 11.3 Å². The summed E-state index contributed by atoms with van der Waals surface area (Å²) < 4.78 is 5.32. The molecule has 20 heavy (non-hydrogen) atoms. The van der Waals surface area contributed by atoms with Gasteiger partial charge in [0, 0.05) is 38.7 Å². The third-order valence-electron chi connectivity index (χ3n) is 2.67. The van der Waals surface area contributed by atoms with Crippen LogP contribution in [0.3, 0.4) is 0 Å². The molecule has 0 fully saturated rings. The Morgan fingerprint density at radius 2 is 2.30 bits per heavy atom. The van der Waals surface area contributed by atoms with E-state index in [9.17, 15) is 0 Å². The standard InChI is InChI=1S/C14H26N4OS/c1-5-15-14(16-8-7-9-19-6-2)18(4)10-13-11-20-12(3)17-13/h11H,5-10H2,1-4H3,(H,15,16). The van der Waals surface area contributed by atoms with E-state index >= 15 is 0 Å². The average Bonchev–Trinajstić information content (AvgIpc) is 2.82. The molecular formula is C14H26N4OS. The number of guanidine groups is 1. The highest BCUT2D eigenvalue weighted by molar-refractivity contribution is 7.09. The van der Waals surface area contributed by atoms with Crippen molar-refractivity contribution < 1.29 is 4.74 Å². The molecule has 0 aliphatic heterocycles. The maximum atomic E-state index is 5.32. The van der Waals surface area contributed by atoms with Gasteiger partial charge in [-0.2, -0.15) is 0 Å². The zero-order chi connectivity index (χ0) is 14.8. The Balaban J connectivity index is 2.48. The van der Waals surface area contributed by atoms with Crippen LogP contribution in [0.5, 0.6) is 0 Å². The highest BCUT2D eigenvalue weighted by atomic mass is 32.1. The second kappa shape index (κ2) is 9.72. The normalized spacial score (nSPS) is 11.7. The molecule has 0 radical (unpaired) electrons. The van der Waals surface area contributed by atoms with Crippen LogP contribution < -0.4 is 5.32 Å². The van der Waals surface area contributed by atoms with E-state index < -0.39 is 0 Å². The van der Waals surface area contributed by atoms with E-state index in [1.165, 1.54) is 0 Å². The van der Waals surface area contributed by atoms with Gasteiger partial charge in [-0.1, -0.05) is 0 Å². The number of thiazole rings is 1. The minimum atomic E-state index is 0.771. The maximum absolute atomic E-state index is 5.32. The summed E-state index contributed by atoms with van der Waals surface area (Å²) in [5, 5.41) is 6.52. The van der Waals surface area contributed by atoms with Crippen molar-refractivity contribution in [2.75, 3.05) is 33.4 Å². The van der Waals surface area contributed by atoms with Crippen LogP contribution in [0.4, 0.5) is 0 Å². The van der Waals surface area contributed by atoms with Gasteiger partial charge in [-0.25, -0.2) is 4.98 Å². The van der Waals surface area contributed by atoms with E-state index in [2.05, 4.69) is 32.5 Å². The Hall–Kier alpha value is -1.14. The molecule has 0 bridgehead atoms. The van der Waals surface area contributed by atoms with Crippen LogP contribution in [0.2, 0.25) is 0 Å². The van der Waals surface area contributed by atoms with Crippen LogP contribution in [0, 0.1) is 6.92 Å². The van der Waals surface area contributed by atoms with Crippen molar-refractivity contribution in [3.63, 3.8) is 0 Å². The number of ether oxygens (including phenoxy) is 1. The number of hydrogen-bond acceptors (Lipinski definition) is 4. The summed E-state index contributed by atoms with van der Waals surface area (Å²) in [6.07, 6.45) is 0.951. The molecule has 0 unspecified atom stereocenters. The first-order chi connectivity index (χ1) is 9.67. The van der Waals surface area contributed by atoms with Crippen LogP contribution in [0.25, 0.3) is 0 Å². The maximum Gasteiger partial charge on any atom is 0.194 e. The van der Waals surface area contributed by atoms with Gasteiger partial charge in [0.1, 0.15) is 0 Å². The summed E-state index contributed by atoms with van der Waals surface area (Å²) in [4.78, 5) is 11.2. The zero-order valence-corrected chi connectivity index (χ0v) is 13.8. The molecule has 1 heterocycles. The van der Waals surface area contributed by atoms with Crippen LogP contribution >= 0.6 is 11.3 Å². The summed E-state index contributed by atoms with van der Waals surface area (Å²) in [5.41, 5.74) is 1.09. The van der Waals surface area contributed by atoms with E-state index in [1.54, 1.807) is 11.3 Å². The lowest BCUT2D eigenvalue weighted by Crippen LogP contribution is -2.38. The second-order valence-corrected chi connectivity index (χ2v) is 5.56. The highest BCUT2D eigenvalue weighted by Crippen LogP contribution is 2.09. The van der Waals surface area contributed by atoms with Gasteiger partial charge in [0.15, 0.2) is 5.96 Å². The van der Waals surface area contributed by atoms with Crippen molar-refractivity contribution >= 4 is 17.3 Å². The van der Waals surface area contributed by atoms with Crippen molar-refractivity contribution in [3.8, 4) is 0 Å². The van der Waals surface area contributed by atoms with Crippen LogP contribution in [-0.4, -0.2) is 49.2 Å². The zero-order valence-electron chi connectivity index (χ0n) is 13.0. The molecule has 6 heteroatoms. The molecule has 0 amide bonds. The van der Waals surface area contributed by atoms with Gasteiger partial charge in [0.2, 0.25) is 0 Å². The number of nitrogens with zero attached hydrogens (tertiary/aromatic N) is 3. The average molecular weight is 298 g/mol. The first-order valence-corrected chi connectivity index (χ1v) is 8.03. The molecule has 1 rings (SSSR count). The summed E-state index contributed by atoms with van der Waals surface area (Å²) >= 11 is 1.68. The largest absolute Gasteiger partial charge is 0.382 e. The van der Waals surface area contributed by atoms with Crippen molar-refractivity contribution in [2.24, 2.45) is 4.99 Å². The fourth-order valence-electron chi connectivity index (χ4n) is 1.76. The number of hydrogen-bond donors (Lipinski definition) is 1. The van der Waals surface area contributed by atoms with Crippen molar-refractivity contribution in [1.82, 2.24) is 15.2 Å². The van der Waals surface area contributed by atoms with Crippen molar-refractivity contribution in [1.29, 1.82) is 0 Å². The number of aromatic nitrogens is 1. The van der Waals surface area contributed by atoms with Gasteiger partial charge in [0.05, 0.1) is 17.2 Å². The summed E-state index contributed by atoms with van der Waals surface area (Å²) in [7, 11) is 2.04. The molecular weight excluding hydrogens is 272 g/mol. The Morgan fingerprint density at radius 3 is 2.90 bits per heavy atom. The molecule has 1 aromatic rings. The molecule has 0 aliphatic carbocycles. The number of rotatable bonds is 8. The van der Waals surface area contributed by atoms with Crippen molar-refractivity contribution in [3.05, 3.63) is 16.1 Å². The molecule has 0 spiro atoms. The number of nitrogens with one attached hydrogen (secondary N) is 1. The molecule has 0 aromatic carbocycles. The lowest BCUT2D eigenvalue weighted by molar-refractivity contribution is 0.146. The SMILES string of the molecule is CCNC(=NCCCOCC)N(C)Cc1csc(C)n1. The Morgan fingerprint density at radius 1 is 1.50 bits per heavy atom. The fraction of sp³-hybridized carbons (Fsp3) is 0.714. The molecule has 5 nitrogen and oxygen atoms in total. The molecule has 1 N–H and O–H groups in total. The quantitative estimate of drug-likeness (QED) is 0.454. The van der Waals surface area contributed by atoms with E-state index in [0.29, 0.717) is 0 Å². The topological polar surface area (TPSA) is 49.8 Å². The molecule has 114 valence electrons. The second-order valence-electron chi connectivity index (χ2n) is 4.50. The number of aliphatic imine (C=N–C) groups is 1. The monoisotopic (exact) mass is 298 g/mol. The fourth-order valence-corrected chi connectivity index (χ4v) is 2.37. The van der Waals surface area contributed by atoms with Crippen molar-refractivity contribution in [2.45, 2.75) is 33.7 Å². The van der Waals surface area contributed by atoms with Gasteiger partial charge >= 0.3 is 0 Å². The van der Waals surface area contributed by atoms with Gasteiger partial charge in [-0.05, 0) is 27.2 Å². The highest BCUT2D eigenvalue weighted by Gasteiger charge is 2.08. The summed E-state index contributed by atoms with van der Waals surface area (Å²) in [5.74, 6) is 0.926. The van der Waals surface area contributed by atoms with E-state index in [0.717, 1.165) is 55.9 Å². The predicted molar refractivity (Wildman–Crippen MR) is 85.4 cm³/mol. The van der Waals surface area contributed by atoms with E-state index in [4.69, 9.17) is 4.74 Å². The van der Waals surface area contributed by atoms with Crippen LogP contribution in [0.1, 0.15) is 31.0 Å². The molecule has 0 saturated carbocycles. The lowest BCUT2D eigenvalue weighted by Gasteiger charge is -2.21. The number of aryl methyl sites for hydroxylation is 1. The van der Waals surface area contributed by atoms with Gasteiger partial charge in [0.25, 0.3) is 0 Å². The Kier molecular flexibility index (Phi) is 8.22. The first-order valence-electron chi connectivity index (χ1n) is 7.15. The van der Waals surface area contributed by atoms with Crippen LogP contribution in [0.15, 0.2) is 10.4 Å². The minimum Gasteiger partial charge on any atom is -0.382 e. The van der Waals surface area contributed by atoms with Gasteiger partial charge in [-0.3, -0.25) is 4.99 Å². The predicted octanol–water partition coefficient (Wildman–Crippen LogP) is 2.28. The molecule has 0 atom stereocenters. The summed E-state index contributed by atoms with van der Waals surface area (Å²) in [6.45, 7) is 10.1. The first kappa shape index (κ1) is 16.9. The smallest absolute Gasteiger partial charge is 0.194 e. The van der Waals surface area contributed by atoms with Gasteiger partial charge < -0.3 is 15.0 Å². The van der Waals surface area contributed by atoms with Crippen LogP contribution in [-0.2, 0) is 11.3 Å². The molecule has 0 aliphatic rings. The Labute approximate surface area is 126 Å². The van der Waals surface area contributed by atoms with E-state index in [1.807, 2.05) is 20.9 Å². The third kappa shape index (κ3) is 6.34.